The van der Waals surface area contributed by atoms with Crippen molar-refractivity contribution < 1.29 is 14.6 Å². The molecule has 0 bridgehead atoms. The quantitative estimate of drug-likeness (QED) is 0.862. The molecular weight excluding hydrogens is 272 g/mol. The lowest BCUT2D eigenvalue weighted by Crippen LogP contribution is -2.06. The minimum absolute atomic E-state index is 0.649. The van der Waals surface area contributed by atoms with E-state index in [1.807, 2.05) is 12.1 Å². The van der Waals surface area contributed by atoms with Gasteiger partial charge in [-0.2, -0.15) is 0 Å². The van der Waals surface area contributed by atoms with Crippen LogP contribution in [0.5, 0.6) is 11.5 Å². The van der Waals surface area contributed by atoms with Gasteiger partial charge in [0.25, 0.3) is 0 Å². The first-order chi connectivity index (χ1) is 7.69. The summed E-state index contributed by atoms with van der Waals surface area (Å²) in [5, 5.41) is 10.1. The second kappa shape index (κ2) is 3.64. The van der Waals surface area contributed by atoms with Gasteiger partial charge in [-0.15, -0.1) is 0 Å². The third-order valence-corrected chi connectivity index (χ3v) is 3.72. The Kier molecular flexibility index (Phi) is 2.37. The molecule has 1 aliphatic carbocycles. The number of ether oxygens (including phenoxy) is 2. The summed E-state index contributed by atoms with van der Waals surface area (Å²) < 4.78 is 12.1. The zero-order valence-corrected chi connectivity index (χ0v) is 10.4. The van der Waals surface area contributed by atoms with Gasteiger partial charge in [-0.3, -0.25) is 0 Å². The van der Waals surface area contributed by atoms with Crippen LogP contribution >= 0.6 is 15.9 Å². The Balaban J connectivity index is 2.05. The third kappa shape index (κ3) is 1.70. The minimum Gasteiger partial charge on any atom is -0.490 e. The summed E-state index contributed by atoms with van der Waals surface area (Å²) in [6, 6.07) is 3.80. The van der Waals surface area contributed by atoms with E-state index in [1.54, 1.807) is 0 Å². The highest BCUT2D eigenvalue weighted by Gasteiger charge is 2.44. The van der Waals surface area contributed by atoms with Gasteiger partial charge in [-0.25, -0.2) is 0 Å². The van der Waals surface area contributed by atoms with Crippen molar-refractivity contribution in [2.24, 2.45) is 0 Å². The molecule has 16 heavy (non-hydrogen) atoms. The molecule has 0 aromatic heterocycles. The summed E-state index contributed by atoms with van der Waals surface area (Å²) in [5.74, 6) is 1.51. The minimum atomic E-state index is -0.649. The maximum Gasteiger partial charge on any atom is 0.162 e. The van der Waals surface area contributed by atoms with Gasteiger partial charge in [0.15, 0.2) is 11.5 Å². The molecule has 1 aromatic rings. The van der Waals surface area contributed by atoms with Crippen LogP contribution in [0.25, 0.3) is 0 Å². The fourth-order valence-electron chi connectivity index (χ4n) is 1.93. The molecule has 0 unspecified atom stereocenters. The van der Waals surface area contributed by atoms with E-state index in [0.29, 0.717) is 13.2 Å². The average molecular weight is 285 g/mol. The van der Waals surface area contributed by atoms with Crippen LogP contribution in [0, 0.1) is 0 Å². The smallest absolute Gasteiger partial charge is 0.162 e. The molecule has 3 nitrogen and oxygen atoms in total. The molecule has 0 saturated heterocycles. The van der Waals surface area contributed by atoms with Crippen molar-refractivity contribution in [2.75, 3.05) is 13.2 Å². The zero-order valence-electron chi connectivity index (χ0n) is 8.83. The van der Waals surface area contributed by atoms with Crippen molar-refractivity contribution in [1.29, 1.82) is 0 Å². The van der Waals surface area contributed by atoms with Crippen LogP contribution in [-0.2, 0) is 5.60 Å². The van der Waals surface area contributed by atoms with E-state index in [0.717, 1.165) is 40.8 Å². The van der Waals surface area contributed by atoms with E-state index in [4.69, 9.17) is 9.47 Å². The third-order valence-electron chi connectivity index (χ3n) is 3.06. The highest BCUT2D eigenvalue weighted by molar-refractivity contribution is 9.10. The van der Waals surface area contributed by atoms with Gasteiger partial charge in [0.05, 0.1) is 18.8 Å². The van der Waals surface area contributed by atoms with E-state index in [-0.39, 0.29) is 0 Å². The Labute approximate surface area is 102 Å². The highest BCUT2D eigenvalue weighted by atomic mass is 79.9. The van der Waals surface area contributed by atoms with E-state index in [1.165, 1.54) is 0 Å². The van der Waals surface area contributed by atoms with Crippen LogP contribution in [0.1, 0.15) is 24.8 Å². The molecule has 0 spiro atoms. The summed E-state index contributed by atoms with van der Waals surface area (Å²) in [7, 11) is 0. The maximum absolute atomic E-state index is 10.1. The fourth-order valence-corrected chi connectivity index (χ4v) is 2.62. The van der Waals surface area contributed by atoms with Gasteiger partial charge in [0, 0.05) is 16.5 Å². The van der Waals surface area contributed by atoms with Gasteiger partial charge < -0.3 is 14.6 Å². The Bertz CT molecular complexity index is 427. The molecule has 1 fully saturated rings. The molecule has 0 amide bonds. The van der Waals surface area contributed by atoms with Gasteiger partial charge >= 0.3 is 0 Å². The lowest BCUT2D eigenvalue weighted by atomic mass is 10.1. The predicted molar refractivity (Wildman–Crippen MR) is 62.9 cm³/mol. The first kappa shape index (κ1) is 10.4. The van der Waals surface area contributed by atoms with Crippen molar-refractivity contribution >= 4 is 15.9 Å². The highest BCUT2D eigenvalue weighted by Crippen LogP contribution is 2.50. The number of halogens is 1. The fraction of sp³-hybridized carbons (Fsp3) is 0.500. The molecule has 3 rings (SSSR count). The van der Waals surface area contributed by atoms with Crippen LogP contribution in [0.15, 0.2) is 16.6 Å². The lowest BCUT2D eigenvalue weighted by Gasteiger charge is -2.15. The summed E-state index contributed by atoms with van der Waals surface area (Å²) >= 11 is 3.48. The van der Waals surface area contributed by atoms with Crippen LogP contribution in [0.2, 0.25) is 0 Å². The van der Waals surface area contributed by atoms with Crippen LogP contribution < -0.4 is 9.47 Å². The predicted octanol–water partition coefficient (Wildman–Crippen LogP) is 2.59. The second-order valence-corrected chi connectivity index (χ2v) is 5.22. The maximum atomic E-state index is 10.1. The molecule has 1 aromatic carbocycles. The second-order valence-electron chi connectivity index (χ2n) is 4.36. The molecule has 86 valence electrons. The topological polar surface area (TPSA) is 38.7 Å². The summed E-state index contributed by atoms with van der Waals surface area (Å²) in [6.45, 7) is 1.36. The molecule has 1 N–H and O–H groups in total. The van der Waals surface area contributed by atoms with E-state index >= 15 is 0 Å². The summed E-state index contributed by atoms with van der Waals surface area (Å²) in [6.07, 6.45) is 2.54. The van der Waals surface area contributed by atoms with Crippen LogP contribution in [0.4, 0.5) is 0 Å². The number of hydrogen-bond donors (Lipinski definition) is 1. The first-order valence-electron chi connectivity index (χ1n) is 5.51. The molecule has 1 aliphatic heterocycles. The summed E-state index contributed by atoms with van der Waals surface area (Å²) in [4.78, 5) is 0. The molecule has 4 heteroatoms. The zero-order chi connectivity index (χ0) is 11.2. The monoisotopic (exact) mass is 284 g/mol. The number of fused-ring (bicyclic) bond motifs is 1. The van der Waals surface area contributed by atoms with Gasteiger partial charge in [0.2, 0.25) is 0 Å². The Morgan fingerprint density at radius 3 is 2.38 bits per heavy atom. The van der Waals surface area contributed by atoms with E-state index in [9.17, 15) is 5.11 Å². The van der Waals surface area contributed by atoms with Crippen molar-refractivity contribution in [2.45, 2.75) is 24.9 Å². The van der Waals surface area contributed by atoms with Gasteiger partial charge in [-0.1, -0.05) is 15.9 Å². The van der Waals surface area contributed by atoms with Gasteiger partial charge in [-0.05, 0) is 25.0 Å². The SMILES string of the molecule is OC1(c2cc3c(cc2Br)OCCCO3)CC1. The molecule has 2 aliphatic rings. The van der Waals surface area contributed by atoms with Gasteiger partial charge in [0.1, 0.15) is 0 Å². The lowest BCUT2D eigenvalue weighted by molar-refractivity contribution is 0.150. The summed E-state index contributed by atoms with van der Waals surface area (Å²) in [5.41, 5.74) is 0.264. The van der Waals surface area contributed by atoms with E-state index < -0.39 is 5.60 Å². The molecular formula is C12H13BrO3. The normalized spacial score (nSPS) is 21.4. The molecule has 1 saturated carbocycles. The average Bonchev–Trinajstić information content (AvgIpc) is 3.01. The number of benzene rings is 1. The number of hydrogen-bond acceptors (Lipinski definition) is 3. The van der Waals surface area contributed by atoms with Crippen LogP contribution in [-0.4, -0.2) is 18.3 Å². The van der Waals surface area contributed by atoms with E-state index in [2.05, 4.69) is 15.9 Å². The first-order valence-corrected chi connectivity index (χ1v) is 6.30. The standard InChI is InChI=1S/C12H13BrO3/c13-9-7-11-10(15-4-1-5-16-11)6-8(9)12(14)2-3-12/h6-7,14H,1-5H2. The van der Waals surface area contributed by atoms with Crippen molar-refractivity contribution in [1.82, 2.24) is 0 Å². The Hall–Kier alpha value is -0.740. The Morgan fingerprint density at radius 2 is 1.75 bits per heavy atom. The van der Waals surface area contributed by atoms with Crippen molar-refractivity contribution in [3.05, 3.63) is 22.2 Å². The Morgan fingerprint density at radius 1 is 1.12 bits per heavy atom. The molecule has 1 heterocycles. The molecule has 0 atom stereocenters. The largest absolute Gasteiger partial charge is 0.490 e. The van der Waals surface area contributed by atoms with Crippen LogP contribution in [0.3, 0.4) is 0 Å². The number of rotatable bonds is 1. The molecule has 0 radical (unpaired) electrons. The van der Waals surface area contributed by atoms with Crippen molar-refractivity contribution in [3.63, 3.8) is 0 Å². The van der Waals surface area contributed by atoms with Crippen molar-refractivity contribution in [3.8, 4) is 11.5 Å². The number of aliphatic hydroxyl groups is 1.